The number of hydrogen-bond donors (Lipinski definition) is 0. The molecule has 4 bridgehead atoms. The highest BCUT2D eigenvalue weighted by Crippen LogP contribution is 2.60. The highest BCUT2D eigenvalue weighted by molar-refractivity contribution is 6.14. The predicted molar refractivity (Wildman–Crippen MR) is 203 cm³/mol. The molecule has 4 aliphatic carbocycles. The third-order valence-electron chi connectivity index (χ3n) is 11.9. The van der Waals surface area contributed by atoms with Gasteiger partial charge in [-0.1, -0.05) is 115 Å². The third kappa shape index (κ3) is 4.91. The van der Waals surface area contributed by atoms with Crippen molar-refractivity contribution < 1.29 is 0 Å². The second kappa shape index (κ2) is 11.5. The van der Waals surface area contributed by atoms with Crippen LogP contribution in [0.2, 0.25) is 0 Å². The highest BCUT2D eigenvalue weighted by Gasteiger charge is 2.51. The fraction of sp³-hybridized carbons (Fsp3) is 0.217. The van der Waals surface area contributed by atoms with Crippen molar-refractivity contribution in [2.75, 3.05) is 0 Å². The molecule has 0 amide bonds. The zero-order valence-corrected chi connectivity index (χ0v) is 27.9. The van der Waals surface area contributed by atoms with E-state index in [4.69, 9.17) is 21.5 Å². The number of aromatic nitrogens is 3. The molecule has 6 aromatic carbocycles. The minimum atomic E-state index is 0.408. The molecule has 7 aromatic rings. The molecule has 50 heavy (non-hydrogen) atoms. The molecule has 0 unspecified atom stereocenters. The van der Waals surface area contributed by atoms with Gasteiger partial charge in [0.2, 0.25) is 0 Å². The fourth-order valence-corrected chi connectivity index (χ4v) is 9.98. The minimum Gasteiger partial charge on any atom is -0.238 e. The SMILES string of the molecule is [C-]#[N+]c1ccc(-c2nc(-c3ccccc3)nc(-c3ccc4cc(-c5ccc(C67CC8CC(CC(C8)C6)C7)cc5)c5ccccc5c4c3)n2)cc1. The summed E-state index contributed by atoms with van der Waals surface area (Å²) in [5.74, 6) is 4.67. The Morgan fingerprint density at radius 2 is 1.04 bits per heavy atom. The van der Waals surface area contributed by atoms with E-state index in [9.17, 15) is 0 Å². The van der Waals surface area contributed by atoms with Gasteiger partial charge in [0, 0.05) is 16.7 Å². The van der Waals surface area contributed by atoms with E-state index in [2.05, 4.69) is 77.6 Å². The Labute approximate surface area is 292 Å². The number of hydrogen-bond acceptors (Lipinski definition) is 3. The zero-order chi connectivity index (χ0) is 33.2. The van der Waals surface area contributed by atoms with E-state index < -0.39 is 0 Å². The van der Waals surface area contributed by atoms with Gasteiger partial charge >= 0.3 is 0 Å². The lowest BCUT2D eigenvalue weighted by molar-refractivity contribution is -0.00518. The Bertz CT molecular complexity index is 2420. The van der Waals surface area contributed by atoms with Crippen LogP contribution in [0.4, 0.5) is 5.69 Å². The molecule has 11 rings (SSSR count). The molecule has 0 saturated heterocycles. The van der Waals surface area contributed by atoms with Crippen LogP contribution in [0.5, 0.6) is 0 Å². The van der Waals surface area contributed by atoms with E-state index in [1.54, 1.807) is 5.56 Å². The first-order chi connectivity index (χ1) is 24.6. The fourth-order valence-electron chi connectivity index (χ4n) is 9.98. The quantitative estimate of drug-likeness (QED) is 0.138. The van der Waals surface area contributed by atoms with Crippen LogP contribution >= 0.6 is 0 Å². The largest absolute Gasteiger partial charge is 0.238 e. The molecule has 4 saturated carbocycles. The Morgan fingerprint density at radius 3 is 1.68 bits per heavy atom. The Morgan fingerprint density at radius 1 is 0.500 bits per heavy atom. The molecule has 0 spiro atoms. The summed E-state index contributed by atoms with van der Waals surface area (Å²) in [6, 6.07) is 44.9. The molecule has 0 aliphatic heterocycles. The molecule has 1 aromatic heterocycles. The monoisotopic (exact) mass is 644 g/mol. The van der Waals surface area contributed by atoms with Gasteiger partial charge in [0.05, 0.1) is 6.57 Å². The van der Waals surface area contributed by atoms with Gasteiger partial charge in [-0.2, -0.15) is 0 Å². The van der Waals surface area contributed by atoms with Crippen LogP contribution in [-0.2, 0) is 5.41 Å². The van der Waals surface area contributed by atoms with Crippen molar-refractivity contribution in [3.05, 3.63) is 144 Å². The number of fused-ring (bicyclic) bond motifs is 3. The second-order valence-corrected chi connectivity index (χ2v) is 15.0. The average Bonchev–Trinajstić information content (AvgIpc) is 3.17. The van der Waals surface area contributed by atoms with Gasteiger partial charge in [0.15, 0.2) is 23.2 Å². The van der Waals surface area contributed by atoms with E-state index in [0.717, 1.165) is 34.4 Å². The van der Waals surface area contributed by atoms with Crippen molar-refractivity contribution in [3.63, 3.8) is 0 Å². The van der Waals surface area contributed by atoms with Crippen molar-refractivity contribution in [2.45, 2.75) is 43.9 Å². The second-order valence-electron chi connectivity index (χ2n) is 15.0. The highest BCUT2D eigenvalue weighted by atomic mass is 15.0. The Balaban J connectivity index is 1.06. The molecule has 4 heteroatoms. The first-order valence-corrected chi connectivity index (χ1v) is 18.0. The van der Waals surface area contributed by atoms with E-state index in [0.29, 0.717) is 28.6 Å². The molecule has 1 heterocycles. The summed E-state index contributed by atoms with van der Waals surface area (Å²) in [7, 11) is 0. The van der Waals surface area contributed by atoms with Gasteiger partial charge in [0.1, 0.15) is 0 Å². The summed E-state index contributed by atoms with van der Waals surface area (Å²) in [6.45, 7) is 7.36. The maximum atomic E-state index is 7.36. The smallest absolute Gasteiger partial charge is 0.187 e. The van der Waals surface area contributed by atoms with E-state index in [1.807, 2.05) is 54.6 Å². The normalized spacial score (nSPS) is 22.2. The lowest BCUT2D eigenvalue weighted by Gasteiger charge is -2.57. The van der Waals surface area contributed by atoms with Gasteiger partial charge in [0.25, 0.3) is 0 Å². The zero-order valence-electron chi connectivity index (χ0n) is 27.9. The summed E-state index contributed by atoms with van der Waals surface area (Å²) in [5.41, 5.74) is 7.84. The lowest BCUT2D eigenvalue weighted by atomic mass is 9.48. The van der Waals surface area contributed by atoms with Gasteiger partial charge < -0.3 is 0 Å². The molecular weight excluding hydrogens is 609 g/mol. The molecule has 0 radical (unpaired) electrons. The Kier molecular flexibility index (Phi) is 6.71. The van der Waals surface area contributed by atoms with Crippen molar-refractivity contribution >= 4 is 27.2 Å². The maximum Gasteiger partial charge on any atom is 0.187 e. The number of rotatable bonds is 5. The molecule has 240 valence electrons. The van der Waals surface area contributed by atoms with Crippen molar-refractivity contribution in [2.24, 2.45) is 17.8 Å². The standard InChI is InChI=1S/C46H36N4/c1-47-38-19-15-34(16-20-38)44-48-43(33-7-3-2-4-8-33)49-45(50-44)36-12-11-35-24-41(39-9-5-6-10-40(39)42(35)25-36)32-13-17-37(18-14-32)46-26-29-21-30(27-46)23-31(22-29)28-46/h2-20,24-25,29-31H,21-23,26-28H2. The Hall–Kier alpha value is -5.66. The lowest BCUT2D eigenvalue weighted by Crippen LogP contribution is -2.48. The van der Waals surface area contributed by atoms with Gasteiger partial charge in [-0.25, -0.2) is 19.8 Å². The average molecular weight is 645 g/mol. The first kappa shape index (κ1) is 29.3. The van der Waals surface area contributed by atoms with Gasteiger partial charge in [-0.15, -0.1) is 0 Å². The van der Waals surface area contributed by atoms with E-state index >= 15 is 0 Å². The van der Waals surface area contributed by atoms with Crippen molar-refractivity contribution in [3.8, 4) is 45.3 Å². The summed E-state index contributed by atoms with van der Waals surface area (Å²) >= 11 is 0. The topological polar surface area (TPSA) is 43.0 Å². The summed E-state index contributed by atoms with van der Waals surface area (Å²) in [6.07, 6.45) is 8.60. The van der Waals surface area contributed by atoms with Gasteiger partial charge in [-0.05, 0) is 112 Å². The predicted octanol–water partition coefficient (Wildman–Crippen LogP) is 11.9. The van der Waals surface area contributed by atoms with Crippen molar-refractivity contribution in [1.82, 2.24) is 15.0 Å². The maximum absolute atomic E-state index is 7.36. The molecule has 4 nitrogen and oxygen atoms in total. The number of benzene rings is 6. The molecule has 4 fully saturated rings. The molecular formula is C46H36N4. The summed E-state index contributed by atoms with van der Waals surface area (Å²) in [5, 5.41) is 4.84. The van der Waals surface area contributed by atoms with Crippen LogP contribution in [0.15, 0.2) is 127 Å². The molecule has 0 N–H and O–H groups in total. The van der Waals surface area contributed by atoms with Crippen LogP contribution < -0.4 is 0 Å². The van der Waals surface area contributed by atoms with Gasteiger partial charge in [-0.3, -0.25) is 0 Å². The third-order valence-corrected chi connectivity index (χ3v) is 11.9. The molecule has 4 aliphatic rings. The summed E-state index contributed by atoms with van der Waals surface area (Å²) < 4.78 is 0. The van der Waals surface area contributed by atoms with Crippen LogP contribution in [0.3, 0.4) is 0 Å². The molecule has 0 atom stereocenters. The minimum absolute atomic E-state index is 0.408. The number of nitrogens with zero attached hydrogens (tertiary/aromatic N) is 4. The van der Waals surface area contributed by atoms with Crippen LogP contribution in [0.1, 0.15) is 44.1 Å². The van der Waals surface area contributed by atoms with E-state index in [1.165, 1.54) is 71.2 Å². The van der Waals surface area contributed by atoms with Crippen LogP contribution in [0, 0.1) is 24.3 Å². The van der Waals surface area contributed by atoms with Crippen LogP contribution in [0.25, 0.3) is 71.7 Å². The van der Waals surface area contributed by atoms with Crippen molar-refractivity contribution in [1.29, 1.82) is 0 Å². The van der Waals surface area contributed by atoms with Crippen LogP contribution in [-0.4, -0.2) is 15.0 Å². The van der Waals surface area contributed by atoms with E-state index in [-0.39, 0.29) is 0 Å². The summed E-state index contributed by atoms with van der Waals surface area (Å²) in [4.78, 5) is 18.4. The first-order valence-electron chi connectivity index (χ1n) is 18.0.